The Hall–Kier alpha value is -1.63. The van der Waals surface area contributed by atoms with Crippen LogP contribution in [0.5, 0.6) is 0 Å². The summed E-state index contributed by atoms with van der Waals surface area (Å²) in [6, 6.07) is 0.267. The number of unbranched alkanes of at least 4 members (excludes halogenated alkanes) is 19. The second-order valence-electron chi connectivity index (χ2n) is 17.8. The fourth-order valence-electron chi connectivity index (χ4n) is 8.32. The molecule has 344 valence electrons. The van der Waals surface area contributed by atoms with Crippen molar-refractivity contribution < 1.29 is 29.0 Å². The molecule has 0 aliphatic heterocycles. The number of rotatable bonds is 45. The third-order valence-electron chi connectivity index (χ3n) is 12.2. The number of aliphatic hydroxyl groups is 1. The highest BCUT2D eigenvalue weighted by molar-refractivity contribution is 5.76. The zero-order valence-corrected chi connectivity index (χ0v) is 39.5. The minimum Gasteiger partial charge on any atom is -0.465 e. The molecule has 0 saturated carbocycles. The molecule has 2 unspecified atom stereocenters. The third kappa shape index (κ3) is 35.2. The molecule has 0 bridgehead atoms. The second kappa shape index (κ2) is 43.5. The van der Waals surface area contributed by atoms with Gasteiger partial charge < -0.3 is 19.5 Å². The molecule has 0 spiro atoms. The molecular weight excluding hydrogens is 723 g/mol. The van der Waals surface area contributed by atoms with E-state index in [-0.39, 0.29) is 30.5 Å². The van der Waals surface area contributed by atoms with Gasteiger partial charge in [-0.05, 0) is 82.5 Å². The predicted octanol–water partition coefficient (Wildman–Crippen LogP) is 14.6. The van der Waals surface area contributed by atoms with Crippen molar-refractivity contribution in [2.45, 2.75) is 272 Å². The zero-order chi connectivity index (χ0) is 42.7. The van der Waals surface area contributed by atoms with Crippen LogP contribution >= 0.6 is 0 Å². The Morgan fingerprint density at radius 3 is 1.21 bits per heavy atom. The minimum atomic E-state index is -0.0227. The van der Waals surface area contributed by atoms with Crippen LogP contribution in [0.15, 0.2) is 0 Å². The number of aliphatic hydroxyl groups excluding tert-OH is 1. The normalized spacial score (nSPS) is 13.0. The molecular formula is C51H99NO6. The van der Waals surface area contributed by atoms with E-state index in [9.17, 15) is 19.5 Å². The first-order valence-electron chi connectivity index (χ1n) is 25.6. The molecule has 0 aliphatic carbocycles. The molecule has 0 radical (unpaired) electrons. The minimum absolute atomic E-state index is 0.0227. The summed E-state index contributed by atoms with van der Waals surface area (Å²) < 4.78 is 11.5. The van der Waals surface area contributed by atoms with Gasteiger partial charge in [0.2, 0.25) is 5.91 Å². The van der Waals surface area contributed by atoms with Crippen molar-refractivity contribution in [3.05, 3.63) is 0 Å². The van der Waals surface area contributed by atoms with Gasteiger partial charge in [0, 0.05) is 38.5 Å². The van der Waals surface area contributed by atoms with Gasteiger partial charge in [0.25, 0.3) is 0 Å². The molecule has 58 heavy (non-hydrogen) atoms. The highest BCUT2D eigenvalue weighted by Gasteiger charge is 2.22. The smallest absolute Gasteiger partial charge is 0.305 e. The molecule has 2 atom stereocenters. The lowest BCUT2D eigenvalue weighted by Gasteiger charge is -2.32. The lowest BCUT2D eigenvalue weighted by Crippen LogP contribution is -2.41. The van der Waals surface area contributed by atoms with E-state index < -0.39 is 0 Å². The summed E-state index contributed by atoms with van der Waals surface area (Å²) >= 11 is 0. The third-order valence-corrected chi connectivity index (χ3v) is 12.2. The van der Waals surface area contributed by atoms with Crippen LogP contribution in [-0.2, 0) is 23.9 Å². The van der Waals surface area contributed by atoms with E-state index in [0.717, 1.165) is 116 Å². The highest BCUT2D eigenvalue weighted by Crippen LogP contribution is 2.23. The second-order valence-corrected chi connectivity index (χ2v) is 17.8. The summed E-state index contributed by atoms with van der Waals surface area (Å²) in [5.74, 6) is 1.26. The first-order valence-corrected chi connectivity index (χ1v) is 25.6. The van der Waals surface area contributed by atoms with Gasteiger partial charge in [0.1, 0.15) is 0 Å². The fraction of sp³-hybridized carbons (Fsp3) is 0.941. The first-order chi connectivity index (χ1) is 28.4. The zero-order valence-electron chi connectivity index (χ0n) is 39.5. The van der Waals surface area contributed by atoms with E-state index in [1.54, 1.807) is 0 Å². The largest absolute Gasteiger partial charge is 0.465 e. The van der Waals surface area contributed by atoms with Crippen molar-refractivity contribution in [3.63, 3.8) is 0 Å². The predicted molar refractivity (Wildman–Crippen MR) is 246 cm³/mol. The lowest BCUT2D eigenvalue weighted by atomic mass is 9.96. The Balaban J connectivity index is 4.59. The average Bonchev–Trinajstić information content (AvgIpc) is 3.22. The van der Waals surface area contributed by atoms with Crippen molar-refractivity contribution >= 4 is 17.8 Å². The number of nitrogens with zero attached hydrogens (tertiary/aromatic N) is 1. The quantitative estimate of drug-likeness (QED) is 0.0486. The van der Waals surface area contributed by atoms with Crippen LogP contribution < -0.4 is 0 Å². The Morgan fingerprint density at radius 2 is 0.793 bits per heavy atom. The van der Waals surface area contributed by atoms with Crippen LogP contribution in [0.1, 0.15) is 266 Å². The summed E-state index contributed by atoms with van der Waals surface area (Å²) in [4.78, 5) is 40.4. The number of esters is 2. The molecule has 0 aliphatic rings. The SMILES string of the molecule is CCCCCCC(CCCC)COC(=O)CCCCCCCCC(CCCCCCCCC(=O)OCC(CCCC)CCCCCC)N(CCCCO)C(=O)CCC. The van der Waals surface area contributed by atoms with Gasteiger partial charge in [-0.15, -0.1) is 0 Å². The maximum atomic E-state index is 13.3. The van der Waals surface area contributed by atoms with Crippen molar-refractivity contribution in [3.8, 4) is 0 Å². The van der Waals surface area contributed by atoms with E-state index in [4.69, 9.17) is 9.47 Å². The standard InChI is InChI=1S/C51H99NO6/c1-6-11-15-25-36-46(34-13-8-3)44-57-50(55)40-29-23-19-17-21-27-38-48(52(42-31-32-43-53)49(54)33-10-5)39-28-22-18-20-24-30-41-51(56)58-45-47(35-14-9-4)37-26-16-12-7-2/h46-48,53H,6-45H2,1-5H3. The highest BCUT2D eigenvalue weighted by atomic mass is 16.5. The molecule has 7 heteroatoms. The topological polar surface area (TPSA) is 93.1 Å². The van der Waals surface area contributed by atoms with E-state index in [0.29, 0.717) is 44.3 Å². The Labute approximate surface area is 360 Å². The summed E-state index contributed by atoms with van der Waals surface area (Å²) in [5.41, 5.74) is 0. The number of hydrogen-bond donors (Lipinski definition) is 1. The maximum Gasteiger partial charge on any atom is 0.305 e. The Kier molecular flexibility index (Phi) is 42.2. The first kappa shape index (κ1) is 56.4. The maximum absolute atomic E-state index is 13.3. The summed E-state index contributed by atoms with van der Waals surface area (Å²) in [6.45, 7) is 13.2. The number of carbonyl (C=O) groups excluding carboxylic acids is 3. The number of hydrogen-bond acceptors (Lipinski definition) is 6. The number of carbonyl (C=O) groups is 3. The summed E-state index contributed by atoms with van der Waals surface area (Å²) in [5, 5.41) is 9.43. The van der Waals surface area contributed by atoms with Crippen molar-refractivity contribution in [2.75, 3.05) is 26.4 Å². The molecule has 7 nitrogen and oxygen atoms in total. The summed E-state index contributed by atoms with van der Waals surface area (Å²) in [7, 11) is 0. The molecule has 1 N–H and O–H groups in total. The number of amides is 1. The van der Waals surface area contributed by atoms with Crippen LogP contribution in [0.4, 0.5) is 0 Å². The van der Waals surface area contributed by atoms with Crippen molar-refractivity contribution in [1.29, 1.82) is 0 Å². The molecule has 0 saturated heterocycles. The fourth-order valence-corrected chi connectivity index (χ4v) is 8.32. The van der Waals surface area contributed by atoms with Crippen LogP contribution in [0.2, 0.25) is 0 Å². The van der Waals surface area contributed by atoms with Gasteiger partial charge in [0.05, 0.1) is 13.2 Å². The molecule has 0 aromatic carbocycles. The van der Waals surface area contributed by atoms with Gasteiger partial charge in [-0.2, -0.15) is 0 Å². The average molecular weight is 822 g/mol. The lowest BCUT2D eigenvalue weighted by molar-refractivity contribution is -0.146. The Bertz CT molecular complexity index is 855. The van der Waals surface area contributed by atoms with Gasteiger partial charge in [-0.3, -0.25) is 14.4 Å². The van der Waals surface area contributed by atoms with E-state index in [1.165, 1.54) is 103 Å². The van der Waals surface area contributed by atoms with Crippen LogP contribution in [-0.4, -0.2) is 60.3 Å². The van der Waals surface area contributed by atoms with E-state index in [1.807, 2.05) is 0 Å². The monoisotopic (exact) mass is 822 g/mol. The van der Waals surface area contributed by atoms with Gasteiger partial charge >= 0.3 is 11.9 Å². The van der Waals surface area contributed by atoms with Crippen LogP contribution in [0.25, 0.3) is 0 Å². The molecule has 0 aromatic heterocycles. The van der Waals surface area contributed by atoms with Crippen molar-refractivity contribution in [2.24, 2.45) is 11.8 Å². The molecule has 0 fully saturated rings. The van der Waals surface area contributed by atoms with Crippen molar-refractivity contribution in [1.82, 2.24) is 4.90 Å². The molecule has 0 heterocycles. The molecule has 1 amide bonds. The number of ether oxygens (including phenoxy) is 2. The molecule has 0 rings (SSSR count). The summed E-state index contributed by atoms with van der Waals surface area (Å²) in [6.07, 6.45) is 39.0. The molecule has 0 aromatic rings. The van der Waals surface area contributed by atoms with E-state index in [2.05, 4.69) is 39.5 Å². The van der Waals surface area contributed by atoms with E-state index >= 15 is 0 Å². The van der Waals surface area contributed by atoms with Gasteiger partial charge in [-0.25, -0.2) is 0 Å². The van der Waals surface area contributed by atoms with Crippen LogP contribution in [0, 0.1) is 11.8 Å². The van der Waals surface area contributed by atoms with Gasteiger partial charge in [0.15, 0.2) is 0 Å². The Morgan fingerprint density at radius 1 is 0.414 bits per heavy atom. The van der Waals surface area contributed by atoms with Crippen LogP contribution in [0.3, 0.4) is 0 Å². The van der Waals surface area contributed by atoms with Gasteiger partial charge in [-0.1, -0.05) is 176 Å².